The molecule has 1 fully saturated rings. The zero-order valence-corrected chi connectivity index (χ0v) is 8.07. The van der Waals surface area contributed by atoms with Crippen molar-refractivity contribution in [3.63, 3.8) is 0 Å². The Balaban J connectivity index is 2.07. The first kappa shape index (κ1) is 8.18. The number of para-hydroxylation sites is 1. The Morgan fingerprint density at radius 2 is 1.93 bits per heavy atom. The molecule has 1 spiro atoms. The van der Waals surface area contributed by atoms with E-state index >= 15 is 0 Å². The largest absolute Gasteiger partial charge is 0.381 e. The van der Waals surface area contributed by atoms with E-state index < -0.39 is 0 Å². The molecule has 2 nitrogen and oxygen atoms in total. The number of hydrogen-bond acceptors (Lipinski definition) is 2. The lowest BCUT2D eigenvalue weighted by atomic mass is 9.76. The summed E-state index contributed by atoms with van der Waals surface area (Å²) >= 11 is 0. The Kier molecular flexibility index (Phi) is 1.71. The highest BCUT2D eigenvalue weighted by Crippen LogP contribution is 2.42. The van der Waals surface area contributed by atoms with Gasteiger partial charge in [0.1, 0.15) is 0 Å². The van der Waals surface area contributed by atoms with E-state index in [-0.39, 0.29) is 5.41 Å². The molecule has 0 unspecified atom stereocenters. The predicted molar refractivity (Wildman–Crippen MR) is 56.3 cm³/mol. The summed E-state index contributed by atoms with van der Waals surface area (Å²) < 4.78 is 5.41. The van der Waals surface area contributed by atoms with Crippen LogP contribution in [0.2, 0.25) is 0 Å². The van der Waals surface area contributed by atoms with Crippen LogP contribution in [0.5, 0.6) is 0 Å². The zero-order chi connectivity index (χ0) is 9.43. The van der Waals surface area contributed by atoms with Gasteiger partial charge in [0.2, 0.25) is 0 Å². The van der Waals surface area contributed by atoms with Crippen molar-refractivity contribution in [2.75, 3.05) is 13.2 Å². The molecule has 72 valence electrons. The van der Waals surface area contributed by atoms with Crippen LogP contribution in [0.4, 0.5) is 5.69 Å². The van der Waals surface area contributed by atoms with Crippen LogP contribution in [-0.2, 0) is 10.2 Å². The predicted octanol–water partition coefficient (Wildman–Crippen LogP) is 2.45. The molecule has 0 bridgehead atoms. The highest BCUT2D eigenvalue weighted by Gasteiger charge is 2.37. The van der Waals surface area contributed by atoms with Crippen molar-refractivity contribution in [3.05, 3.63) is 29.8 Å². The van der Waals surface area contributed by atoms with Gasteiger partial charge in [-0.2, -0.15) is 0 Å². The summed E-state index contributed by atoms with van der Waals surface area (Å²) in [6.07, 6.45) is 4.28. The molecule has 0 radical (unpaired) electrons. The Morgan fingerprint density at radius 1 is 1.14 bits per heavy atom. The van der Waals surface area contributed by atoms with Gasteiger partial charge in [0.05, 0.1) is 5.69 Å². The van der Waals surface area contributed by atoms with E-state index in [0.717, 1.165) is 31.7 Å². The average molecular weight is 187 g/mol. The van der Waals surface area contributed by atoms with Gasteiger partial charge in [-0.05, 0) is 24.5 Å². The van der Waals surface area contributed by atoms with Crippen LogP contribution in [0.1, 0.15) is 18.4 Å². The second-order valence-electron chi connectivity index (χ2n) is 4.04. The lowest BCUT2D eigenvalue weighted by Crippen LogP contribution is -2.33. The maximum atomic E-state index is 5.41. The van der Waals surface area contributed by atoms with Crippen molar-refractivity contribution in [2.45, 2.75) is 18.3 Å². The minimum Gasteiger partial charge on any atom is -0.381 e. The molecule has 0 aromatic heterocycles. The zero-order valence-electron chi connectivity index (χ0n) is 8.07. The summed E-state index contributed by atoms with van der Waals surface area (Å²) in [5.74, 6) is 0. The molecule has 2 heterocycles. The van der Waals surface area contributed by atoms with Crippen molar-refractivity contribution in [1.29, 1.82) is 0 Å². The molecule has 0 amide bonds. The third-order valence-electron chi connectivity index (χ3n) is 3.28. The molecule has 0 N–H and O–H groups in total. The first-order chi connectivity index (χ1) is 6.91. The quantitative estimate of drug-likeness (QED) is 0.611. The minimum atomic E-state index is 0.189. The SMILES string of the molecule is C1=Nc2ccccc2C12CCOCC2. The molecule has 0 atom stereocenters. The molecule has 14 heavy (non-hydrogen) atoms. The minimum absolute atomic E-state index is 0.189. The Hall–Kier alpha value is -1.15. The molecule has 2 aliphatic heterocycles. The van der Waals surface area contributed by atoms with E-state index in [0.29, 0.717) is 0 Å². The van der Waals surface area contributed by atoms with Gasteiger partial charge < -0.3 is 4.74 Å². The number of ether oxygens (including phenoxy) is 1. The molecule has 0 saturated carbocycles. The summed E-state index contributed by atoms with van der Waals surface area (Å²) in [4.78, 5) is 4.50. The van der Waals surface area contributed by atoms with Crippen molar-refractivity contribution in [2.24, 2.45) is 4.99 Å². The summed E-state index contributed by atoms with van der Waals surface area (Å²) in [6.45, 7) is 1.72. The lowest BCUT2D eigenvalue weighted by molar-refractivity contribution is 0.0730. The lowest BCUT2D eigenvalue weighted by Gasteiger charge is -2.31. The van der Waals surface area contributed by atoms with Gasteiger partial charge in [-0.3, -0.25) is 4.99 Å². The van der Waals surface area contributed by atoms with E-state index in [9.17, 15) is 0 Å². The van der Waals surface area contributed by atoms with Gasteiger partial charge in [0.15, 0.2) is 0 Å². The van der Waals surface area contributed by atoms with E-state index in [1.165, 1.54) is 5.56 Å². The van der Waals surface area contributed by atoms with Gasteiger partial charge in [0, 0.05) is 24.8 Å². The number of hydrogen-bond donors (Lipinski definition) is 0. The Labute approximate surface area is 83.6 Å². The van der Waals surface area contributed by atoms with Gasteiger partial charge in [-0.15, -0.1) is 0 Å². The summed E-state index contributed by atoms with van der Waals surface area (Å²) in [5, 5.41) is 0. The van der Waals surface area contributed by atoms with Crippen molar-refractivity contribution >= 4 is 11.9 Å². The standard InChI is InChI=1S/C12H13NO/c1-2-4-11-10(3-1)12(9-13-11)5-7-14-8-6-12/h1-4,9H,5-8H2. The number of benzene rings is 1. The van der Waals surface area contributed by atoms with Crippen LogP contribution in [0, 0.1) is 0 Å². The molecule has 1 aromatic rings. The molecule has 0 aliphatic carbocycles. The Bertz CT molecular complexity index is 378. The molecular formula is C12H13NO. The maximum absolute atomic E-state index is 5.41. The smallest absolute Gasteiger partial charge is 0.0667 e. The monoisotopic (exact) mass is 187 g/mol. The molecule has 1 saturated heterocycles. The summed E-state index contributed by atoms with van der Waals surface area (Å²) in [5.41, 5.74) is 2.73. The second kappa shape index (κ2) is 2.92. The average Bonchev–Trinajstić information content (AvgIpc) is 2.60. The van der Waals surface area contributed by atoms with Crippen LogP contribution in [0.3, 0.4) is 0 Å². The highest BCUT2D eigenvalue weighted by atomic mass is 16.5. The topological polar surface area (TPSA) is 21.6 Å². The molecule has 3 rings (SSSR count). The van der Waals surface area contributed by atoms with Crippen LogP contribution >= 0.6 is 0 Å². The van der Waals surface area contributed by atoms with E-state index in [1.54, 1.807) is 0 Å². The first-order valence-corrected chi connectivity index (χ1v) is 5.13. The van der Waals surface area contributed by atoms with Gasteiger partial charge in [-0.25, -0.2) is 0 Å². The van der Waals surface area contributed by atoms with E-state index in [2.05, 4.69) is 35.5 Å². The number of nitrogens with zero attached hydrogens (tertiary/aromatic N) is 1. The molecule has 2 aliphatic rings. The Morgan fingerprint density at radius 3 is 2.79 bits per heavy atom. The third-order valence-corrected chi connectivity index (χ3v) is 3.28. The fourth-order valence-electron chi connectivity index (χ4n) is 2.40. The van der Waals surface area contributed by atoms with Gasteiger partial charge >= 0.3 is 0 Å². The summed E-state index contributed by atoms with van der Waals surface area (Å²) in [7, 11) is 0. The number of rotatable bonds is 0. The first-order valence-electron chi connectivity index (χ1n) is 5.13. The van der Waals surface area contributed by atoms with Crippen LogP contribution < -0.4 is 0 Å². The third kappa shape index (κ3) is 1.04. The van der Waals surface area contributed by atoms with Crippen LogP contribution in [0.15, 0.2) is 29.3 Å². The van der Waals surface area contributed by atoms with Crippen molar-refractivity contribution in [1.82, 2.24) is 0 Å². The van der Waals surface area contributed by atoms with E-state index in [4.69, 9.17) is 4.74 Å². The summed E-state index contributed by atoms with van der Waals surface area (Å²) in [6, 6.07) is 8.45. The fourth-order valence-corrected chi connectivity index (χ4v) is 2.40. The molecule has 1 aromatic carbocycles. The number of aliphatic imine (C=N–C) groups is 1. The normalized spacial score (nSPS) is 22.6. The van der Waals surface area contributed by atoms with Gasteiger partial charge in [-0.1, -0.05) is 18.2 Å². The van der Waals surface area contributed by atoms with Crippen LogP contribution in [0.25, 0.3) is 0 Å². The maximum Gasteiger partial charge on any atom is 0.0667 e. The highest BCUT2D eigenvalue weighted by molar-refractivity contribution is 5.85. The second-order valence-corrected chi connectivity index (χ2v) is 4.04. The van der Waals surface area contributed by atoms with Crippen molar-refractivity contribution < 1.29 is 4.74 Å². The van der Waals surface area contributed by atoms with E-state index in [1.807, 2.05) is 0 Å². The molecular weight excluding hydrogens is 174 g/mol. The number of fused-ring (bicyclic) bond motifs is 2. The van der Waals surface area contributed by atoms with Crippen LogP contribution in [-0.4, -0.2) is 19.4 Å². The fraction of sp³-hybridized carbons (Fsp3) is 0.417. The van der Waals surface area contributed by atoms with Gasteiger partial charge in [0.25, 0.3) is 0 Å². The molecule has 2 heteroatoms. The van der Waals surface area contributed by atoms with Crippen molar-refractivity contribution in [3.8, 4) is 0 Å².